The molecule has 1 atom stereocenters. The van der Waals surface area contributed by atoms with E-state index in [1.54, 1.807) is 18.3 Å². The molecule has 1 aliphatic heterocycles. The smallest absolute Gasteiger partial charge is 0.271 e. The second-order valence-corrected chi connectivity index (χ2v) is 5.34. The van der Waals surface area contributed by atoms with E-state index in [1.165, 1.54) is 18.6 Å². The Labute approximate surface area is 134 Å². The van der Waals surface area contributed by atoms with E-state index in [-0.39, 0.29) is 11.9 Å². The van der Waals surface area contributed by atoms with Crippen molar-refractivity contribution in [1.82, 2.24) is 20.3 Å². The number of anilines is 1. The molecule has 1 aliphatic rings. The van der Waals surface area contributed by atoms with Crippen LogP contribution in [0.1, 0.15) is 28.9 Å². The quantitative estimate of drug-likeness (QED) is 0.913. The lowest BCUT2D eigenvalue weighted by atomic mass is 10.0. The second kappa shape index (κ2) is 6.83. The molecule has 0 aliphatic carbocycles. The highest BCUT2D eigenvalue weighted by molar-refractivity contribution is 5.92. The van der Waals surface area contributed by atoms with Gasteiger partial charge in [0.1, 0.15) is 17.6 Å². The highest BCUT2D eigenvalue weighted by Gasteiger charge is 2.24. The molecule has 3 rings (SSSR count). The van der Waals surface area contributed by atoms with Gasteiger partial charge >= 0.3 is 0 Å². The lowest BCUT2D eigenvalue weighted by Crippen LogP contribution is -2.48. The summed E-state index contributed by atoms with van der Waals surface area (Å²) in [6.45, 7) is 1.45. The number of hydrogen-bond acceptors (Lipinski definition) is 6. The van der Waals surface area contributed by atoms with Crippen LogP contribution in [-0.2, 0) is 0 Å². The van der Waals surface area contributed by atoms with Crippen LogP contribution >= 0.6 is 0 Å². The van der Waals surface area contributed by atoms with Gasteiger partial charge in [-0.25, -0.2) is 9.97 Å². The zero-order valence-corrected chi connectivity index (χ0v) is 12.5. The number of aromatic nitrogens is 3. The highest BCUT2D eigenvalue weighted by Crippen LogP contribution is 2.21. The summed E-state index contributed by atoms with van der Waals surface area (Å²) in [6, 6.07) is 5.66. The topological polar surface area (TPSA) is 94.8 Å². The van der Waals surface area contributed by atoms with Gasteiger partial charge in [-0.15, -0.1) is 0 Å². The summed E-state index contributed by atoms with van der Waals surface area (Å²) in [7, 11) is 0. The van der Waals surface area contributed by atoms with Crippen molar-refractivity contribution in [2.75, 3.05) is 18.0 Å². The minimum absolute atomic E-state index is 0.00759. The van der Waals surface area contributed by atoms with Crippen molar-refractivity contribution in [3.63, 3.8) is 0 Å². The first-order chi connectivity index (χ1) is 11.3. The molecular formula is C16H16N6O. The van der Waals surface area contributed by atoms with Crippen molar-refractivity contribution in [1.29, 1.82) is 5.26 Å². The molecule has 0 radical (unpaired) electrons. The summed E-state index contributed by atoms with van der Waals surface area (Å²) in [5.74, 6) is 0.444. The molecule has 2 aromatic heterocycles. The second-order valence-electron chi connectivity index (χ2n) is 5.34. The number of hydrogen-bond donors (Lipinski definition) is 1. The van der Waals surface area contributed by atoms with E-state index in [0.29, 0.717) is 23.6 Å². The lowest BCUT2D eigenvalue weighted by Gasteiger charge is -2.34. The normalized spacial score (nSPS) is 17.3. The van der Waals surface area contributed by atoms with Gasteiger partial charge in [0.25, 0.3) is 5.91 Å². The summed E-state index contributed by atoms with van der Waals surface area (Å²) < 4.78 is 0. The number of nitriles is 1. The van der Waals surface area contributed by atoms with Crippen molar-refractivity contribution >= 4 is 11.7 Å². The molecule has 1 unspecified atom stereocenters. The molecule has 1 saturated heterocycles. The predicted molar refractivity (Wildman–Crippen MR) is 83.7 cm³/mol. The molecule has 3 heterocycles. The van der Waals surface area contributed by atoms with Crippen molar-refractivity contribution in [2.24, 2.45) is 0 Å². The first-order valence-electron chi connectivity index (χ1n) is 7.45. The molecule has 0 bridgehead atoms. The highest BCUT2D eigenvalue weighted by atomic mass is 16.1. The van der Waals surface area contributed by atoms with E-state index < -0.39 is 0 Å². The van der Waals surface area contributed by atoms with Crippen LogP contribution in [0.4, 0.5) is 5.82 Å². The molecule has 1 N–H and O–H groups in total. The van der Waals surface area contributed by atoms with E-state index in [0.717, 1.165) is 19.4 Å². The van der Waals surface area contributed by atoms with Crippen LogP contribution in [0, 0.1) is 11.3 Å². The van der Waals surface area contributed by atoms with E-state index in [9.17, 15) is 10.1 Å². The zero-order chi connectivity index (χ0) is 16.1. The van der Waals surface area contributed by atoms with Crippen LogP contribution in [-0.4, -0.2) is 40.0 Å². The van der Waals surface area contributed by atoms with Gasteiger partial charge in [0.2, 0.25) is 0 Å². The third kappa shape index (κ3) is 3.43. The monoisotopic (exact) mass is 308 g/mol. The molecule has 116 valence electrons. The maximum atomic E-state index is 12.2. The van der Waals surface area contributed by atoms with E-state index >= 15 is 0 Å². The fraction of sp³-hybridized carbons (Fsp3) is 0.312. The third-order valence-corrected chi connectivity index (χ3v) is 3.76. The van der Waals surface area contributed by atoms with Gasteiger partial charge in [-0.05, 0) is 25.0 Å². The van der Waals surface area contributed by atoms with E-state index in [4.69, 9.17) is 0 Å². The van der Waals surface area contributed by atoms with Crippen molar-refractivity contribution in [3.05, 3.63) is 48.2 Å². The van der Waals surface area contributed by atoms with Crippen LogP contribution in [0.2, 0.25) is 0 Å². The molecule has 0 spiro atoms. The number of carbonyl (C=O) groups is 1. The number of carbonyl (C=O) groups excluding carboxylic acids is 1. The molecule has 2 aromatic rings. The Kier molecular flexibility index (Phi) is 4.43. The Balaban J connectivity index is 1.69. The largest absolute Gasteiger partial charge is 0.353 e. The zero-order valence-electron chi connectivity index (χ0n) is 12.5. The van der Waals surface area contributed by atoms with Crippen LogP contribution in [0.3, 0.4) is 0 Å². The van der Waals surface area contributed by atoms with Gasteiger partial charge < -0.3 is 10.2 Å². The average molecular weight is 308 g/mol. The van der Waals surface area contributed by atoms with Crippen LogP contribution in [0.15, 0.2) is 36.9 Å². The summed E-state index contributed by atoms with van der Waals surface area (Å²) >= 11 is 0. The minimum Gasteiger partial charge on any atom is -0.353 e. The standard InChI is InChI=1S/C16H16N6O/c17-9-12-3-1-5-20-15(12)22-8-2-4-13(11-22)21-16(23)14-10-18-6-7-19-14/h1,3,5-7,10,13H,2,4,8,11H2,(H,21,23). The van der Waals surface area contributed by atoms with Gasteiger partial charge in [0, 0.05) is 37.7 Å². The summed E-state index contributed by atoms with van der Waals surface area (Å²) in [5, 5.41) is 12.2. The van der Waals surface area contributed by atoms with Crippen molar-refractivity contribution in [3.8, 4) is 6.07 Å². The Morgan fingerprint density at radius 3 is 3.04 bits per heavy atom. The molecule has 1 amide bonds. The predicted octanol–water partition coefficient (Wildman–Crippen LogP) is 1.14. The first kappa shape index (κ1) is 14.9. The SMILES string of the molecule is N#Cc1cccnc1N1CCCC(NC(=O)c2cnccn2)C1. The molecular weight excluding hydrogens is 292 g/mol. The molecule has 0 aromatic carbocycles. The first-order valence-corrected chi connectivity index (χ1v) is 7.45. The Morgan fingerprint density at radius 1 is 1.35 bits per heavy atom. The van der Waals surface area contributed by atoms with Gasteiger partial charge in [-0.2, -0.15) is 5.26 Å². The van der Waals surface area contributed by atoms with Gasteiger partial charge in [-0.3, -0.25) is 9.78 Å². The number of nitrogens with one attached hydrogen (secondary N) is 1. The maximum Gasteiger partial charge on any atom is 0.271 e. The van der Waals surface area contributed by atoms with Crippen LogP contribution in [0.25, 0.3) is 0 Å². The fourth-order valence-electron chi connectivity index (χ4n) is 2.70. The van der Waals surface area contributed by atoms with Crippen molar-refractivity contribution in [2.45, 2.75) is 18.9 Å². The number of pyridine rings is 1. The third-order valence-electron chi connectivity index (χ3n) is 3.76. The minimum atomic E-state index is -0.230. The molecule has 1 fully saturated rings. The van der Waals surface area contributed by atoms with Gasteiger partial charge in [0.15, 0.2) is 0 Å². The molecule has 7 heteroatoms. The van der Waals surface area contributed by atoms with Crippen LogP contribution in [0.5, 0.6) is 0 Å². The van der Waals surface area contributed by atoms with Crippen molar-refractivity contribution < 1.29 is 4.79 Å². The maximum absolute atomic E-state index is 12.2. The van der Waals surface area contributed by atoms with E-state index in [2.05, 4.69) is 26.3 Å². The Bertz CT molecular complexity index is 727. The number of nitrogens with zero attached hydrogens (tertiary/aromatic N) is 5. The summed E-state index contributed by atoms with van der Waals surface area (Å²) in [5.41, 5.74) is 0.855. The number of piperidine rings is 1. The lowest BCUT2D eigenvalue weighted by molar-refractivity contribution is 0.0927. The van der Waals surface area contributed by atoms with E-state index in [1.807, 2.05) is 4.90 Å². The average Bonchev–Trinajstić information content (AvgIpc) is 2.62. The Hall–Kier alpha value is -3.01. The molecule has 7 nitrogen and oxygen atoms in total. The van der Waals surface area contributed by atoms with Gasteiger partial charge in [0.05, 0.1) is 11.8 Å². The fourth-order valence-corrected chi connectivity index (χ4v) is 2.70. The number of amides is 1. The number of rotatable bonds is 3. The van der Waals surface area contributed by atoms with Gasteiger partial charge in [-0.1, -0.05) is 0 Å². The summed E-state index contributed by atoms with van der Waals surface area (Å²) in [4.78, 5) is 26.4. The summed E-state index contributed by atoms with van der Waals surface area (Å²) in [6.07, 6.45) is 7.96. The van der Waals surface area contributed by atoms with Crippen LogP contribution < -0.4 is 10.2 Å². The molecule has 0 saturated carbocycles. The Morgan fingerprint density at radius 2 is 2.26 bits per heavy atom. The molecule has 23 heavy (non-hydrogen) atoms.